The smallest absolute Gasteiger partial charge is 0.282 e. The molecule has 0 unspecified atom stereocenters. The van der Waals surface area contributed by atoms with Gasteiger partial charge in [-0.05, 0) is 40.5 Å². The molecular weight excluding hydrogens is 657 g/mol. The molecule has 0 saturated carbocycles. The summed E-state index contributed by atoms with van der Waals surface area (Å²) in [5.41, 5.74) is -0.690. The highest BCUT2D eigenvalue weighted by molar-refractivity contribution is 7.86. The van der Waals surface area contributed by atoms with Crippen LogP contribution in [0.2, 0.25) is 0 Å². The number of hydrogen-bond acceptors (Lipinski definition) is 8. The van der Waals surface area contributed by atoms with Gasteiger partial charge in [-0.25, -0.2) is 0 Å². The van der Waals surface area contributed by atoms with Gasteiger partial charge in [0.05, 0.1) is 0 Å². The van der Waals surface area contributed by atoms with Crippen molar-refractivity contribution in [1.82, 2.24) is 0 Å². The Morgan fingerprint density at radius 2 is 0.864 bits per heavy atom. The van der Waals surface area contributed by atoms with Gasteiger partial charge in [-0.2, -0.15) is 33.7 Å². The quantitative estimate of drug-likeness (QED) is 0.140. The zero-order valence-electron chi connectivity index (χ0n) is 22.1. The molecule has 16 heteroatoms. The molecule has 4 N–H and O–H groups in total. The van der Waals surface area contributed by atoms with Crippen LogP contribution >= 0.6 is 0 Å². The summed E-state index contributed by atoms with van der Waals surface area (Å²) in [6.07, 6.45) is 4.86. The fourth-order valence-corrected chi connectivity index (χ4v) is 7.34. The largest absolute Gasteiger partial charge is 0.295 e. The number of rotatable bonds is 9. The molecule has 0 aliphatic heterocycles. The monoisotopic (exact) mass is 678 g/mol. The van der Waals surface area contributed by atoms with Crippen LogP contribution in [-0.4, -0.2) is 51.9 Å². The van der Waals surface area contributed by atoms with Crippen LogP contribution in [0.5, 0.6) is 0 Å². The molecular formula is C28H22O12S4. The lowest BCUT2D eigenvalue weighted by Crippen LogP contribution is -2.07. The summed E-state index contributed by atoms with van der Waals surface area (Å²) in [4.78, 5) is -2.41. The second kappa shape index (κ2) is 12.2. The van der Waals surface area contributed by atoms with Gasteiger partial charge in [-0.3, -0.25) is 18.2 Å². The van der Waals surface area contributed by atoms with E-state index in [1.807, 2.05) is 0 Å². The van der Waals surface area contributed by atoms with Crippen molar-refractivity contribution < 1.29 is 51.9 Å². The lowest BCUT2D eigenvalue weighted by Gasteiger charge is -2.14. The van der Waals surface area contributed by atoms with E-state index in [1.165, 1.54) is 78.9 Å². The van der Waals surface area contributed by atoms with Gasteiger partial charge in [-0.1, -0.05) is 91.0 Å². The first kappa shape index (κ1) is 32.9. The Morgan fingerprint density at radius 3 is 1.36 bits per heavy atom. The average molecular weight is 679 g/mol. The summed E-state index contributed by atoms with van der Waals surface area (Å²) < 4.78 is 136. The van der Waals surface area contributed by atoms with Crippen LogP contribution in [0.1, 0.15) is 22.3 Å². The lowest BCUT2D eigenvalue weighted by atomic mass is 10.0. The summed E-state index contributed by atoms with van der Waals surface area (Å²) in [7, 11) is -19.3. The Bertz CT molecular complexity index is 2270. The van der Waals surface area contributed by atoms with E-state index in [2.05, 4.69) is 0 Å². The number of benzene rings is 4. The van der Waals surface area contributed by atoms with E-state index in [4.69, 9.17) is 0 Å². The van der Waals surface area contributed by atoms with Crippen LogP contribution in [0.25, 0.3) is 35.4 Å². The molecule has 44 heavy (non-hydrogen) atoms. The maximum Gasteiger partial charge on any atom is 0.295 e. The first-order valence-corrected chi connectivity index (χ1v) is 17.8. The van der Waals surface area contributed by atoms with Gasteiger partial charge in [0.15, 0.2) is 0 Å². The van der Waals surface area contributed by atoms with Gasteiger partial charge in [0, 0.05) is 11.1 Å². The molecule has 0 amide bonds. The molecule has 0 aliphatic carbocycles. The van der Waals surface area contributed by atoms with Gasteiger partial charge in [0.2, 0.25) is 0 Å². The first-order chi connectivity index (χ1) is 20.4. The minimum Gasteiger partial charge on any atom is -0.282 e. The molecule has 0 atom stereocenters. The average Bonchev–Trinajstić information content (AvgIpc) is 2.93. The second-order valence-electron chi connectivity index (χ2n) is 9.12. The summed E-state index contributed by atoms with van der Waals surface area (Å²) in [5.74, 6) is 0. The van der Waals surface area contributed by atoms with Crippen LogP contribution in [-0.2, 0) is 40.5 Å². The molecule has 0 fully saturated rings. The van der Waals surface area contributed by atoms with Crippen molar-refractivity contribution >= 4 is 64.8 Å². The highest BCUT2D eigenvalue weighted by Gasteiger charge is 2.25. The van der Waals surface area contributed by atoms with Crippen LogP contribution < -0.4 is 0 Å². The fourth-order valence-electron chi connectivity index (χ4n) is 4.34. The molecule has 0 saturated heterocycles. The Labute approximate surface area is 253 Å². The third-order valence-corrected chi connectivity index (χ3v) is 9.89. The van der Waals surface area contributed by atoms with Crippen molar-refractivity contribution in [1.29, 1.82) is 0 Å². The van der Waals surface area contributed by atoms with E-state index in [9.17, 15) is 51.9 Å². The van der Waals surface area contributed by atoms with Gasteiger partial charge < -0.3 is 0 Å². The van der Waals surface area contributed by atoms with E-state index in [0.29, 0.717) is 0 Å². The molecule has 0 aromatic heterocycles. The topological polar surface area (TPSA) is 217 Å². The molecule has 0 spiro atoms. The van der Waals surface area contributed by atoms with Crippen molar-refractivity contribution in [3.05, 3.63) is 107 Å². The van der Waals surface area contributed by atoms with E-state index in [-0.39, 0.29) is 33.4 Å². The second-order valence-corrected chi connectivity index (χ2v) is 14.7. The highest BCUT2D eigenvalue weighted by Crippen LogP contribution is 2.36. The van der Waals surface area contributed by atoms with Crippen molar-refractivity contribution in [2.24, 2.45) is 0 Å². The minimum atomic E-state index is -5.08. The SMILES string of the molecule is O=S(=O)(O)c1ccccc1C=Cc1ccc(-c2cccc(C=Cc3ccccc3S(=O)(=O)O)c2S(=O)(=O)O)c(S(=O)(=O)O)c1. The van der Waals surface area contributed by atoms with Crippen LogP contribution in [0, 0.1) is 0 Å². The van der Waals surface area contributed by atoms with Gasteiger partial charge in [0.1, 0.15) is 19.6 Å². The van der Waals surface area contributed by atoms with Gasteiger partial charge in [-0.15, -0.1) is 0 Å². The predicted octanol–water partition coefficient (Wildman–Crippen LogP) is 4.68. The Balaban J connectivity index is 1.89. The summed E-state index contributed by atoms with van der Waals surface area (Å²) in [6.45, 7) is 0. The maximum absolute atomic E-state index is 12.6. The van der Waals surface area contributed by atoms with E-state index >= 15 is 0 Å². The van der Waals surface area contributed by atoms with Crippen molar-refractivity contribution in [2.75, 3.05) is 0 Å². The van der Waals surface area contributed by atoms with E-state index < -0.39 is 60.1 Å². The first-order valence-electron chi connectivity index (χ1n) is 12.1. The predicted molar refractivity (Wildman–Crippen MR) is 162 cm³/mol. The standard InChI is InChI=1S/C28H22O12S4/c29-41(30,31)25-10-3-1-6-20(25)14-12-19-13-17-23(27(18-19)43(35,36)37)24-9-5-8-22(28(24)44(38,39)40)16-15-21-7-2-4-11-26(21)42(32,33)34/h1-18H,(H,29,30,31)(H,32,33,34)(H,35,36,37)(H,38,39,40). The maximum atomic E-state index is 12.6. The highest BCUT2D eigenvalue weighted by atomic mass is 32.2. The molecule has 0 aliphatic rings. The molecule has 4 aromatic carbocycles. The molecule has 12 nitrogen and oxygen atoms in total. The minimum absolute atomic E-state index is 0.0213. The summed E-state index contributed by atoms with van der Waals surface area (Å²) in [5, 5.41) is 0. The molecule has 4 aromatic rings. The fraction of sp³-hybridized carbons (Fsp3) is 0. The van der Waals surface area contributed by atoms with Gasteiger partial charge >= 0.3 is 0 Å². The van der Waals surface area contributed by atoms with E-state index in [0.717, 1.165) is 30.3 Å². The zero-order chi connectivity index (χ0) is 32.5. The molecule has 0 radical (unpaired) electrons. The van der Waals surface area contributed by atoms with E-state index in [1.54, 1.807) is 0 Å². The molecule has 0 heterocycles. The Kier molecular flexibility index (Phi) is 9.11. The van der Waals surface area contributed by atoms with Crippen molar-refractivity contribution in [2.45, 2.75) is 19.6 Å². The molecule has 0 bridgehead atoms. The number of hydrogen-bond donors (Lipinski definition) is 4. The Hall–Kier alpha value is -4.00. The molecule has 230 valence electrons. The van der Waals surface area contributed by atoms with Crippen LogP contribution in [0.4, 0.5) is 0 Å². The normalized spacial score (nSPS) is 13.1. The lowest BCUT2D eigenvalue weighted by molar-refractivity contribution is 0.480. The zero-order valence-corrected chi connectivity index (χ0v) is 25.3. The Morgan fingerprint density at radius 1 is 0.409 bits per heavy atom. The summed E-state index contributed by atoms with van der Waals surface area (Å²) >= 11 is 0. The molecule has 4 rings (SSSR count). The van der Waals surface area contributed by atoms with Crippen molar-refractivity contribution in [3.63, 3.8) is 0 Å². The van der Waals surface area contributed by atoms with Crippen LogP contribution in [0.15, 0.2) is 105 Å². The van der Waals surface area contributed by atoms with Gasteiger partial charge in [0.25, 0.3) is 40.5 Å². The summed E-state index contributed by atoms with van der Waals surface area (Å²) in [6, 6.07) is 17.9. The third-order valence-electron chi connectivity index (χ3n) is 6.17. The van der Waals surface area contributed by atoms with Crippen molar-refractivity contribution in [3.8, 4) is 11.1 Å². The third kappa shape index (κ3) is 7.55. The van der Waals surface area contributed by atoms with Crippen LogP contribution in [0.3, 0.4) is 0 Å².